The van der Waals surface area contributed by atoms with E-state index in [1.165, 1.54) is 11.1 Å². The molecule has 0 spiro atoms. The summed E-state index contributed by atoms with van der Waals surface area (Å²) in [5.74, 6) is -0.453. The van der Waals surface area contributed by atoms with Gasteiger partial charge < -0.3 is 9.84 Å². The highest BCUT2D eigenvalue weighted by Crippen LogP contribution is 2.44. The van der Waals surface area contributed by atoms with Crippen molar-refractivity contribution in [3.63, 3.8) is 0 Å². The quantitative estimate of drug-likeness (QED) is 0.398. The predicted molar refractivity (Wildman–Crippen MR) is 126 cm³/mol. The maximum atomic E-state index is 12.5. The number of aliphatic carboxylic acids is 1. The topological polar surface area (TPSA) is 88.5 Å². The summed E-state index contributed by atoms with van der Waals surface area (Å²) in [4.78, 5) is 27.6. The van der Waals surface area contributed by atoms with Crippen LogP contribution in [0.25, 0.3) is 11.1 Å². The summed E-state index contributed by atoms with van der Waals surface area (Å²) in [6, 6.07) is 18.2. The first-order valence-corrected chi connectivity index (χ1v) is 11.1. The summed E-state index contributed by atoms with van der Waals surface area (Å²) in [6.45, 7) is 0.221. The van der Waals surface area contributed by atoms with Crippen molar-refractivity contribution in [1.29, 1.82) is 0 Å². The molecule has 1 amide bonds. The first kappa shape index (κ1) is 21.3. The second-order valence-electron chi connectivity index (χ2n) is 7.36. The molecule has 6 nitrogen and oxygen atoms in total. The van der Waals surface area contributed by atoms with Gasteiger partial charge >= 0.3 is 12.1 Å². The third-order valence-corrected chi connectivity index (χ3v) is 5.92. The Morgan fingerprint density at radius 1 is 1.06 bits per heavy atom. The molecule has 1 aromatic heterocycles. The number of hydrogen-bond acceptors (Lipinski definition) is 4. The van der Waals surface area contributed by atoms with E-state index in [-0.39, 0.29) is 18.9 Å². The van der Waals surface area contributed by atoms with Gasteiger partial charge in [0.15, 0.2) is 0 Å². The van der Waals surface area contributed by atoms with Gasteiger partial charge in [0.2, 0.25) is 0 Å². The number of hydrogen-bond donors (Lipinski definition) is 2. The van der Waals surface area contributed by atoms with Crippen LogP contribution >= 0.6 is 22.6 Å². The van der Waals surface area contributed by atoms with Gasteiger partial charge in [0, 0.05) is 22.1 Å². The highest BCUT2D eigenvalue weighted by Gasteiger charge is 2.29. The Labute approximate surface area is 193 Å². The predicted octanol–water partition coefficient (Wildman–Crippen LogP) is 5.45. The van der Waals surface area contributed by atoms with E-state index in [4.69, 9.17) is 9.84 Å². The Morgan fingerprint density at radius 2 is 1.71 bits per heavy atom. The highest BCUT2D eigenvalue weighted by atomic mass is 127. The molecule has 0 fully saturated rings. The van der Waals surface area contributed by atoms with Gasteiger partial charge in [0.25, 0.3) is 0 Å². The van der Waals surface area contributed by atoms with Crippen LogP contribution in [0.1, 0.15) is 35.4 Å². The van der Waals surface area contributed by atoms with Gasteiger partial charge in [-0.15, -0.1) is 0 Å². The average molecular weight is 528 g/mol. The zero-order chi connectivity index (χ0) is 21.8. The van der Waals surface area contributed by atoms with E-state index < -0.39 is 12.1 Å². The van der Waals surface area contributed by atoms with Crippen molar-refractivity contribution in [3.05, 3.63) is 81.1 Å². The van der Waals surface area contributed by atoms with Crippen LogP contribution in [-0.2, 0) is 16.0 Å². The number of aromatic nitrogens is 1. The van der Waals surface area contributed by atoms with E-state index in [9.17, 15) is 9.59 Å². The fourth-order valence-corrected chi connectivity index (χ4v) is 4.46. The number of pyridine rings is 1. The van der Waals surface area contributed by atoms with Gasteiger partial charge in [-0.1, -0.05) is 48.5 Å². The van der Waals surface area contributed by atoms with Crippen LogP contribution in [0.2, 0.25) is 0 Å². The molecule has 0 saturated heterocycles. The lowest BCUT2D eigenvalue weighted by molar-refractivity contribution is -0.137. The molecule has 158 valence electrons. The molecule has 31 heavy (non-hydrogen) atoms. The maximum Gasteiger partial charge on any atom is 0.412 e. The molecule has 0 aliphatic heterocycles. The summed E-state index contributed by atoms with van der Waals surface area (Å²) < 4.78 is 6.50. The standard InChI is InChI=1S/C24H21IN2O4/c25-16-12-15(6-5-11-22(28)29)23(26-13-16)27-24(30)31-14-21-19-9-3-1-7-17(19)18-8-2-4-10-20(18)21/h1-4,7-10,12-13,21H,5-6,11,14H2,(H,28,29)(H,26,27,30). The van der Waals surface area contributed by atoms with E-state index in [0.29, 0.717) is 18.7 Å². The van der Waals surface area contributed by atoms with E-state index in [1.54, 1.807) is 6.20 Å². The molecular weight excluding hydrogens is 507 g/mol. The zero-order valence-corrected chi connectivity index (χ0v) is 18.8. The molecule has 1 heterocycles. The van der Waals surface area contributed by atoms with E-state index in [0.717, 1.165) is 20.3 Å². The van der Waals surface area contributed by atoms with Crippen molar-refractivity contribution in [2.45, 2.75) is 25.2 Å². The molecule has 2 aromatic carbocycles. The van der Waals surface area contributed by atoms with Gasteiger partial charge in [0.1, 0.15) is 12.4 Å². The Bertz CT molecular complexity index is 1090. The number of halogens is 1. The van der Waals surface area contributed by atoms with Crippen molar-refractivity contribution in [1.82, 2.24) is 4.98 Å². The Kier molecular flexibility index (Phi) is 6.50. The number of carbonyl (C=O) groups excluding carboxylic acids is 1. The van der Waals surface area contributed by atoms with Crippen molar-refractivity contribution in [2.75, 3.05) is 11.9 Å². The van der Waals surface area contributed by atoms with Crippen LogP contribution < -0.4 is 5.32 Å². The lowest BCUT2D eigenvalue weighted by Gasteiger charge is -2.15. The summed E-state index contributed by atoms with van der Waals surface area (Å²) in [5.41, 5.74) is 5.44. The molecule has 2 N–H and O–H groups in total. The van der Waals surface area contributed by atoms with Crippen LogP contribution in [0.3, 0.4) is 0 Å². The van der Waals surface area contributed by atoms with Crippen LogP contribution in [0, 0.1) is 3.57 Å². The number of aryl methyl sites for hydroxylation is 1. The molecule has 4 rings (SSSR count). The smallest absolute Gasteiger partial charge is 0.412 e. The van der Waals surface area contributed by atoms with Crippen LogP contribution in [0.5, 0.6) is 0 Å². The lowest BCUT2D eigenvalue weighted by Crippen LogP contribution is -2.19. The fraction of sp³-hybridized carbons (Fsp3) is 0.208. The Morgan fingerprint density at radius 3 is 2.35 bits per heavy atom. The van der Waals surface area contributed by atoms with Crippen molar-refractivity contribution >= 4 is 40.5 Å². The SMILES string of the molecule is O=C(O)CCCc1cc(I)cnc1NC(=O)OCC1c2ccccc2-c2ccccc21. The van der Waals surface area contributed by atoms with Gasteiger partial charge in [-0.25, -0.2) is 9.78 Å². The average Bonchev–Trinajstić information content (AvgIpc) is 3.08. The number of carboxylic acids is 1. The minimum atomic E-state index is -0.843. The second kappa shape index (κ2) is 9.47. The van der Waals surface area contributed by atoms with Gasteiger partial charge in [-0.2, -0.15) is 0 Å². The number of amides is 1. The largest absolute Gasteiger partial charge is 0.481 e. The van der Waals surface area contributed by atoms with Crippen molar-refractivity contribution in [3.8, 4) is 11.1 Å². The molecule has 0 atom stereocenters. The first-order valence-electron chi connectivity index (χ1n) is 10.0. The zero-order valence-electron chi connectivity index (χ0n) is 16.7. The number of nitrogens with one attached hydrogen (secondary N) is 1. The summed E-state index contributed by atoms with van der Waals surface area (Å²) in [7, 11) is 0. The number of nitrogens with zero attached hydrogens (tertiary/aromatic N) is 1. The molecule has 0 saturated carbocycles. The molecular formula is C24H21IN2O4. The van der Waals surface area contributed by atoms with Crippen LogP contribution in [0.4, 0.5) is 10.6 Å². The number of benzene rings is 2. The van der Waals surface area contributed by atoms with Gasteiger partial charge in [-0.05, 0) is 69.3 Å². The van der Waals surface area contributed by atoms with Crippen molar-refractivity contribution < 1.29 is 19.4 Å². The van der Waals surface area contributed by atoms with E-state index in [2.05, 4.69) is 57.2 Å². The summed E-state index contributed by atoms with van der Waals surface area (Å²) in [6.07, 6.45) is 2.12. The van der Waals surface area contributed by atoms with Gasteiger partial charge in [-0.3, -0.25) is 10.1 Å². The minimum absolute atomic E-state index is 0.0159. The lowest BCUT2D eigenvalue weighted by atomic mass is 9.98. The second-order valence-corrected chi connectivity index (χ2v) is 8.60. The van der Waals surface area contributed by atoms with Gasteiger partial charge in [0.05, 0.1) is 0 Å². The number of fused-ring (bicyclic) bond motifs is 3. The summed E-state index contributed by atoms with van der Waals surface area (Å²) >= 11 is 2.14. The molecule has 1 aliphatic carbocycles. The highest BCUT2D eigenvalue weighted by molar-refractivity contribution is 14.1. The normalized spacial score (nSPS) is 12.2. The number of carbonyl (C=O) groups is 2. The summed E-state index contributed by atoms with van der Waals surface area (Å²) in [5, 5.41) is 11.6. The Balaban J connectivity index is 1.44. The number of carboxylic acid groups (broad SMARTS) is 1. The first-order chi connectivity index (χ1) is 15.0. The van der Waals surface area contributed by atoms with Crippen LogP contribution in [0.15, 0.2) is 60.8 Å². The minimum Gasteiger partial charge on any atom is -0.481 e. The number of anilines is 1. The van der Waals surface area contributed by atoms with E-state index in [1.807, 2.05) is 30.3 Å². The molecule has 3 aromatic rings. The fourth-order valence-electron chi connectivity index (χ4n) is 3.95. The third-order valence-electron chi connectivity index (χ3n) is 5.33. The van der Waals surface area contributed by atoms with E-state index >= 15 is 0 Å². The van der Waals surface area contributed by atoms with Crippen LogP contribution in [-0.4, -0.2) is 28.8 Å². The molecule has 7 heteroatoms. The monoisotopic (exact) mass is 528 g/mol. The molecule has 0 radical (unpaired) electrons. The number of rotatable bonds is 7. The van der Waals surface area contributed by atoms with Crippen molar-refractivity contribution in [2.24, 2.45) is 0 Å². The Hall–Kier alpha value is -2.94. The number of ether oxygens (including phenoxy) is 1. The molecule has 1 aliphatic rings. The molecule has 0 bridgehead atoms. The maximum absolute atomic E-state index is 12.5. The third kappa shape index (κ3) is 4.87. The molecule has 0 unspecified atom stereocenters.